The van der Waals surface area contributed by atoms with Gasteiger partial charge >= 0.3 is 12.1 Å². The molecule has 0 aliphatic rings. The lowest BCUT2D eigenvalue weighted by atomic mass is 10.1. The van der Waals surface area contributed by atoms with Crippen LogP contribution in [-0.4, -0.2) is 64.8 Å². The number of rotatable bonds is 10. The van der Waals surface area contributed by atoms with Crippen LogP contribution >= 0.6 is 23.5 Å². The molecular weight excluding hydrogens is 352 g/mol. The molecule has 2 unspecified atom stereocenters. The van der Waals surface area contributed by atoms with E-state index in [9.17, 15) is 19.5 Å². The molecule has 24 heavy (non-hydrogen) atoms. The second-order valence-corrected chi connectivity index (χ2v) is 8.13. The van der Waals surface area contributed by atoms with Crippen molar-refractivity contribution in [2.45, 2.75) is 51.3 Å². The van der Waals surface area contributed by atoms with Crippen LogP contribution in [0.15, 0.2) is 0 Å². The molecule has 2 amide bonds. The number of ether oxygens (including phenoxy) is 1. The van der Waals surface area contributed by atoms with Crippen molar-refractivity contribution in [2.75, 3.05) is 24.0 Å². The first kappa shape index (κ1) is 22.9. The largest absolute Gasteiger partial charge is 0.480 e. The number of aliphatic carboxylic acids is 1. The van der Waals surface area contributed by atoms with E-state index in [1.54, 1.807) is 20.8 Å². The Morgan fingerprint density at radius 2 is 1.50 bits per heavy atom. The van der Waals surface area contributed by atoms with E-state index < -0.39 is 35.7 Å². The van der Waals surface area contributed by atoms with Crippen LogP contribution in [0, 0.1) is 0 Å². The van der Waals surface area contributed by atoms with Crippen molar-refractivity contribution in [3.8, 4) is 0 Å². The molecule has 0 aromatic rings. The molecule has 0 radical (unpaired) electrons. The predicted octanol–water partition coefficient (Wildman–Crippen LogP) is 1.96. The van der Waals surface area contributed by atoms with Crippen LogP contribution in [0.4, 0.5) is 4.79 Å². The van der Waals surface area contributed by atoms with Gasteiger partial charge in [0, 0.05) is 0 Å². The maximum Gasteiger partial charge on any atom is 0.408 e. The lowest BCUT2D eigenvalue weighted by Gasteiger charge is -2.24. The minimum Gasteiger partial charge on any atom is -0.480 e. The second kappa shape index (κ2) is 11.5. The van der Waals surface area contributed by atoms with Crippen LogP contribution in [0.25, 0.3) is 0 Å². The number of hydrogen-bond donors (Lipinski definition) is 3. The monoisotopic (exact) mass is 380 g/mol. The van der Waals surface area contributed by atoms with Gasteiger partial charge in [0.05, 0.1) is 0 Å². The Morgan fingerprint density at radius 3 is 1.92 bits per heavy atom. The number of hydrogen-bond acceptors (Lipinski definition) is 6. The zero-order chi connectivity index (χ0) is 18.8. The van der Waals surface area contributed by atoms with Crippen molar-refractivity contribution >= 4 is 41.5 Å². The molecule has 9 heteroatoms. The molecule has 0 spiro atoms. The fourth-order valence-corrected chi connectivity index (χ4v) is 2.66. The number of carboxylic acid groups (broad SMARTS) is 1. The average molecular weight is 381 g/mol. The summed E-state index contributed by atoms with van der Waals surface area (Å²) < 4.78 is 5.16. The predicted molar refractivity (Wildman–Crippen MR) is 98.7 cm³/mol. The van der Waals surface area contributed by atoms with Gasteiger partial charge in [0.15, 0.2) is 0 Å². The van der Waals surface area contributed by atoms with Gasteiger partial charge in [0.25, 0.3) is 0 Å². The third kappa shape index (κ3) is 10.6. The van der Waals surface area contributed by atoms with E-state index in [-0.39, 0.29) is 0 Å². The lowest BCUT2D eigenvalue weighted by Crippen LogP contribution is -2.52. The molecule has 0 fully saturated rings. The molecule has 0 heterocycles. The van der Waals surface area contributed by atoms with Gasteiger partial charge in [-0.3, -0.25) is 4.79 Å². The maximum absolute atomic E-state index is 12.4. The zero-order valence-corrected chi connectivity index (χ0v) is 16.5. The first-order chi connectivity index (χ1) is 11.1. The van der Waals surface area contributed by atoms with E-state index in [4.69, 9.17) is 4.74 Å². The summed E-state index contributed by atoms with van der Waals surface area (Å²) in [5.74, 6) is -0.329. The van der Waals surface area contributed by atoms with Crippen LogP contribution in [0.5, 0.6) is 0 Å². The summed E-state index contributed by atoms with van der Waals surface area (Å²) in [7, 11) is 0. The highest BCUT2D eigenvalue weighted by Crippen LogP contribution is 2.09. The topological polar surface area (TPSA) is 105 Å². The van der Waals surface area contributed by atoms with Gasteiger partial charge in [-0.2, -0.15) is 23.5 Å². The highest BCUT2D eigenvalue weighted by molar-refractivity contribution is 7.98. The molecule has 0 aromatic heterocycles. The Balaban J connectivity index is 4.84. The maximum atomic E-state index is 12.4. The third-order valence-corrected chi connectivity index (χ3v) is 4.13. The third-order valence-electron chi connectivity index (χ3n) is 2.84. The normalized spacial score (nSPS) is 13.7. The SMILES string of the molecule is CSCCC(NC(=O)C(CCSC)NC(=O)OC(C)(C)C)C(=O)O. The lowest BCUT2D eigenvalue weighted by molar-refractivity contribution is -0.142. The van der Waals surface area contributed by atoms with Crippen molar-refractivity contribution in [3.05, 3.63) is 0 Å². The summed E-state index contributed by atoms with van der Waals surface area (Å²) in [5, 5.41) is 14.2. The van der Waals surface area contributed by atoms with Crippen molar-refractivity contribution in [1.29, 1.82) is 0 Å². The summed E-state index contributed by atoms with van der Waals surface area (Å²) in [5.41, 5.74) is -0.674. The standard InChI is InChI=1S/C15H28N2O5S2/c1-15(2,3)22-14(21)17-10(6-8-23-4)12(18)16-11(13(19)20)7-9-24-5/h10-11H,6-9H2,1-5H3,(H,16,18)(H,17,21)(H,19,20). The van der Waals surface area contributed by atoms with E-state index in [1.807, 2.05) is 12.5 Å². The average Bonchev–Trinajstić information content (AvgIpc) is 2.45. The van der Waals surface area contributed by atoms with E-state index in [1.165, 1.54) is 23.5 Å². The Hall–Kier alpha value is -1.09. The van der Waals surface area contributed by atoms with Gasteiger partial charge in [0.2, 0.25) is 5.91 Å². The second-order valence-electron chi connectivity index (χ2n) is 6.16. The minimum atomic E-state index is -1.08. The quantitative estimate of drug-likeness (QED) is 0.532. The molecule has 0 aliphatic carbocycles. The van der Waals surface area contributed by atoms with Crippen LogP contribution < -0.4 is 10.6 Å². The molecule has 0 saturated carbocycles. The Morgan fingerprint density at radius 1 is 1.00 bits per heavy atom. The van der Waals surface area contributed by atoms with E-state index in [0.717, 1.165) is 0 Å². The fourth-order valence-electron chi connectivity index (χ4n) is 1.72. The van der Waals surface area contributed by atoms with Gasteiger partial charge < -0.3 is 20.5 Å². The van der Waals surface area contributed by atoms with Gasteiger partial charge in [-0.05, 0) is 57.6 Å². The number of nitrogens with one attached hydrogen (secondary N) is 2. The van der Waals surface area contributed by atoms with Crippen molar-refractivity contribution in [3.63, 3.8) is 0 Å². The van der Waals surface area contributed by atoms with Crippen LogP contribution in [0.3, 0.4) is 0 Å². The number of thioether (sulfide) groups is 2. The number of amides is 2. The Kier molecular flexibility index (Phi) is 10.9. The number of carbonyl (C=O) groups is 3. The highest BCUT2D eigenvalue weighted by Gasteiger charge is 2.27. The first-order valence-corrected chi connectivity index (χ1v) is 10.4. The zero-order valence-electron chi connectivity index (χ0n) is 14.9. The first-order valence-electron chi connectivity index (χ1n) is 7.61. The summed E-state index contributed by atoms with van der Waals surface area (Å²) >= 11 is 3.04. The summed E-state index contributed by atoms with van der Waals surface area (Å²) in [6.45, 7) is 5.19. The fraction of sp³-hybridized carbons (Fsp3) is 0.800. The molecule has 0 bridgehead atoms. The Bertz CT molecular complexity index is 427. The van der Waals surface area contributed by atoms with Gasteiger partial charge in [0.1, 0.15) is 17.7 Å². The molecule has 140 valence electrons. The van der Waals surface area contributed by atoms with Crippen LogP contribution in [-0.2, 0) is 14.3 Å². The molecule has 0 aliphatic heterocycles. The van der Waals surface area contributed by atoms with Crippen molar-refractivity contribution in [1.82, 2.24) is 10.6 Å². The summed E-state index contributed by atoms with van der Waals surface area (Å²) in [6.07, 6.45) is 3.78. The molecule has 7 nitrogen and oxygen atoms in total. The molecule has 0 aromatic carbocycles. The van der Waals surface area contributed by atoms with Crippen molar-refractivity contribution < 1.29 is 24.2 Å². The molecule has 0 rings (SSSR count). The highest BCUT2D eigenvalue weighted by atomic mass is 32.2. The van der Waals surface area contributed by atoms with E-state index >= 15 is 0 Å². The van der Waals surface area contributed by atoms with Crippen molar-refractivity contribution in [2.24, 2.45) is 0 Å². The van der Waals surface area contributed by atoms with Crippen LogP contribution in [0.2, 0.25) is 0 Å². The summed E-state index contributed by atoms with van der Waals surface area (Å²) in [4.78, 5) is 35.5. The number of alkyl carbamates (subject to hydrolysis) is 1. The van der Waals surface area contributed by atoms with Crippen LogP contribution in [0.1, 0.15) is 33.6 Å². The molecule has 3 N–H and O–H groups in total. The molecule has 0 saturated heterocycles. The van der Waals surface area contributed by atoms with Gasteiger partial charge in [-0.15, -0.1) is 0 Å². The van der Waals surface area contributed by atoms with E-state index in [0.29, 0.717) is 24.3 Å². The number of carboxylic acids is 1. The smallest absolute Gasteiger partial charge is 0.408 e. The van der Waals surface area contributed by atoms with Gasteiger partial charge in [-0.1, -0.05) is 0 Å². The molecular formula is C15H28N2O5S2. The van der Waals surface area contributed by atoms with Gasteiger partial charge in [-0.25, -0.2) is 9.59 Å². The van der Waals surface area contributed by atoms with E-state index in [2.05, 4.69) is 10.6 Å². The molecule has 2 atom stereocenters. The number of carbonyl (C=O) groups excluding carboxylic acids is 2. The minimum absolute atomic E-state index is 0.323. The Labute approximate surface area is 152 Å². The summed E-state index contributed by atoms with van der Waals surface area (Å²) in [6, 6.07) is -1.80.